The molecule has 2 nitrogen and oxygen atoms in total. The molecule has 1 aliphatic heterocycles. The largest absolute Gasteiger partial charge is 0.340 e. The average molecular weight is 436 g/mol. The molecule has 0 atom stereocenters. The maximum absolute atomic E-state index is 11.8. The Morgan fingerprint density at radius 2 is 1.27 bits per heavy atom. The summed E-state index contributed by atoms with van der Waals surface area (Å²) in [5, 5.41) is 0. The summed E-state index contributed by atoms with van der Waals surface area (Å²) in [6.07, 6.45) is 19.4. The third-order valence-corrected chi connectivity index (χ3v) is 6.23. The SMILES string of the molecule is CCCCCCCCN1C(c2ccccc2)=CC(c2ccccc2)=CC1=C1C=CC(=O)C=C1. The number of ketones is 1. The fourth-order valence-corrected chi connectivity index (χ4v) is 4.42. The van der Waals surface area contributed by atoms with Gasteiger partial charge in [0.2, 0.25) is 0 Å². The fourth-order valence-electron chi connectivity index (χ4n) is 4.42. The van der Waals surface area contributed by atoms with Gasteiger partial charge in [0.05, 0.1) is 0 Å². The Morgan fingerprint density at radius 3 is 1.94 bits per heavy atom. The Morgan fingerprint density at radius 1 is 0.667 bits per heavy atom. The molecule has 4 rings (SSSR count). The van der Waals surface area contributed by atoms with Gasteiger partial charge in [-0.25, -0.2) is 0 Å². The van der Waals surface area contributed by atoms with E-state index < -0.39 is 0 Å². The van der Waals surface area contributed by atoms with Crippen LogP contribution in [0.15, 0.2) is 108 Å². The second-order valence-corrected chi connectivity index (χ2v) is 8.69. The van der Waals surface area contributed by atoms with Crippen molar-refractivity contribution in [1.82, 2.24) is 4.90 Å². The van der Waals surface area contributed by atoms with E-state index in [4.69, 9.17) is 0 Å². The highest BCUT2D eigenvalue weighted by Gasteiger charge is 2.23. The first-order valence-electron chi connectivity index (χ1n) is 12.2. The minimum Gasteiger partial charge on any atom is -0.340 e. The van der Waals surface area contributed by atoms with E-state index in [1.54, 1.807) is 12.2 Å². The number of rotatable bonds is 9. The summed E-state index contributed by atoms with van der Waals surface area (Å²) in [6.45, 7) is 3.22. The maximum Gasteiger partial charge on any atom is 0.178 e. The number of unbranched alkanes of at least 4 members (excludes halogenated alkanes) is 5. The zero-order valence-corrected chi connectivity index (χ0v) is 19.5. The molecule has 0 fully saturated rings. The number of allylic oxidation sites excluding steroid dienone is 8. The highest BCUT2D eigenvalue weighted by atomic mass is 16.1. The highest BCUT2D eigenvalue weighted by molar-refractivity contribution is 6.01. The van der Waals surface area contributed by atoms with Crippen molar-refractivity contribution in [1.29, 1.82) is 0 Å². The third-order valence-electron chi connectivity index (χ3n) is 6.23. The molecule has 2 aromatic carbocycles. The van der Waals surface area contributed by atoms with Gasteiger partial charge in [0, 0.05) is 17.9 Å². The molecule has 1 heterocycles. The first-order chi connectivity index (χ1) is 16.3. The molecule has 1 aliphatic carbocycles. The lowest BCUT2D eigenvalue weighted by Crippen LogP contribution is -2.26. The van der Waals surface area contributed by atoms with Gasteiger partial charge in [0.1, 0.15) is 0 Å². The van der Waals surface area contributed by atoms with Gasteiger partial charge in [-0.15, -0.1) is 0 Å². The number of hydrogen-bond acceptors (Lipinski definition) is 2. The molecule has 168 valence electrons. The topological polar surface area (TPSA) is 20.3 Å². The second-order valence-electron chi connectivity index (χ2n) is 8.69. The lowest BCUT2D eigenvalue weighted by molar-refractivity contribution is -0.110. The monoisotopic (exact) mass is 435 g/mol. The molecule has 2 aromatic rings. The van der Waals surface area contributed by atoms with Crippen LogP contribution in [0.5, 0.6) is 0 Å². The van der Waals surface area contributed by atoms with Crippen molar-refractivity contribution in [2.45, 2.75) is 45.4 Å². The maximum atomic E-state index is 11.8. The van der Waals surface area contributed by atoms with Gasteiger partial charge in [-0.3, -0.25) is 4.79 Å². The number of nitrogens with zero attached hydrogens (tertiary/aromatic N) is 1. The Labute approximate surface area is 198 Å². The summed E-state index contributed by atoms with van der Waals surface area (Å²) in [5.74, 6) is 0.0451. The minimum absolute atomic E-state index is 0.0451. The molecular weight excluding hydrogens is 402 g/mol. The fraction of sp³-hybridized carbons (Fsp3) is 0.258. The molecule has 0 unspecified atom stereocenters. The van der Waals surface area contributed by atoms with Gasteiger partial charge in [0.15, 0.2) is 5.78 Å². The number of benzene rings is 2. The van der Waals surface area contributed by atoms with Gasteiger partial charge >= 0.3 is 0 Å². The van der Waals surface area contributed by atoms with Crippen molar-refractivity contribution in [3.8, 4) is 0 Å². The van der Waals surface area contributed by atoms with Crippen molar-refractivity contribution in [3.05, 3.63) is 120 Å². The van der Waals surface area contributed by atoms with Gasteiger partial charge in [-0.05, 0) is 65.2 Å². The van der Waals surface area contributed by atoms with E-state index in [0.717, 1.165) is 24.2 Å². The van der Waals surface area contributed by atoms with Gasteiger partial charge in [0.25, 0.3) is 0 Å². The van der Waals surface area contributed by atoms with Gasteiger partial charge < -0.3 is 4.90 Å². The van der Waals surface area contributed by atoms with Crippen molar-refractivity contribution in [2.75, 3.05) is 6.54 Å². The Bertz CT molecular complexity index is 1080. The Balaban J connectivity index is 1.73. The van der Waals surface area contributed by atoms with Crippen LogP contribution in [0.1, 0.15) is 56.6 Å². The van der Waals surface area contributed by atoms with Crippen LogP contribution in [-0.2, 0) is 4.79 Å². The molecular formula is C31H33NO. The second kappa shape index (κ2) is 11.5. The van der Waals surface area contributed by atoms with Crippen molar-refractivity contribution in [2.24, 2.45) is 0 Å². The van der Waals surface area contributed by atoms with Crippen LogP contribution in [0.4, 0.5) is 0 Å². The van der Waals surface area contributed by atoms with Crippen molar-refractivity contribution < 1.29 is 4.79 Å². The standard InChI is InChI=1S/C31H33NO/c1-2-3-4-5-6-13-22-32-30(26-16-11-8-12-17-26)23-28(25-14-9-7-10-15-25)24-31(32)27-18-20-29(33)21-19-27/h7-12,14-21,23-24H,2-6,13,22H2,1H3. The third kappa shape index (κ3) is 5.90. The first-order valence-corrected chi connectivity index (χ1v) is 12.2. The Hall–Kier alpha value is -3.39. The molecule has 2 aliphatic rings. The summed E-state index contributed by atoms with van der Waals surface area (Å²) in [5.41, 5.74) is 7.05. The van der Waals surface area contributed by atoms with Crippen LogP contribution < -0.4 is 0 Å². The summed E-state index contributed by atoms with van der Waals surface area (Å²) in [7, 11) is 0. The first kappa shape index (κ1) is 22.8. The van der Waals surface area contributed by atoms with E-state index in [1.807, 2.05) is 12.2 Å². The zero-order valence-electron chi connectivity index (χ0n) is 19.5. The van der Waals surface area contributed by atoms with Crippen LogP contribution in [-0.4, -0.2) is 17.2 Å². The molecule has 0 bridgehead atoms. The number of carbonyl (C=O) groups is 1. The predicted octanol–water partition coefficient (Wildman–Crippen LogP) is 7.74. The van der Waals surface area contributed by atoms with Crippen LogP contribution in [0.3, 0.4) is 0 Å². The molecule has 33 heavy (non-hydrogen) atoms. The predicted molar refractivity (Wildman–Crippen MR) is 139 cm³/mol. The van der Waals surface area contributed by atoms with Crippen molar-refractivity contribution in [3.63, 3.8) is 0 Å². The van der Waals surface area contributed by atoms with Gasteiger partial charge in [-0.1, -0.05) is 99.7 Å². The molecule has 0 N–H and O–H groups in total. The summed E-state index contributed by atoms with van der Waals surface area (Å²) in [4.78, 5) is 14.3. The lowest BCUT2D eigenvalue weighted by atomic mass is 9.93. The van der Waals surface area contributed by atoms with E-state index in [2.05, 4.69) is 84.6 Å². The zero-order chi connectivity index (χ0) is 22.9. The van der Waals surface area contributed by atoms with Crippen LogP contribution >= 0.6 is 0 Å². The molecule has 0 saturated carbocycles. The van der Waals surface area contributed by atoms with E-state index >= 15 is 0 Å². The average Bonchev–Trinajstić information content (AvgIpc) is 2.87. The van der Waals surface area contributed by atoms with Crippen molar-refractivity contribution >= 4 is 17.1 Å². The normalized spacial score (nSPS) is 15.7. The summed E-state index contributed by atoms with van der Waals surface area (Å²) >= 11 is 0. The summed E-state index contributed by atoms with van der Waals surface area (Å²) < 4.78 is 0. The number of hydrogen-bond donors (Lipinski definition) is 0. The molecule has 0 spiro atoms. The molecule has 0 radical (unpaired) electrons. The van der Waals surface area contributed by atoms with E-state index in [0.29, 0.717) is 0 Å². The summed E-state index contributed by atoms with van der Waals surface area (Å²) in [6, 6.07) is 21.2. The quantitative estimate of drug-likeness (QED) is 0.376. The van der Waals surface area contributed by atoms with Gasteiger partial charge in [-0.2, -0.15) is 0 Å². The highest BCUT2D eigenvalue weighted by Crippen LogP contribution is 2.36. The van der Waals surface area contributed by atoms with E-state index in [-0.39, 0.29) is 5.78 Å². The molecule has 0 amide bonds. The van der Waals surface area contributed by atoms with E-state index in [9.17, 15) is 4.79 Å². The number of carbonyl (C=O) groups excluding carboxylic acids is 1. The van der Waals surface area contributed by atoms with Crippen LogP contribution in [0, 0.1) is 0 Å². The van der Waals surface area contributed by atoms with Crippen LogP contribution in [0.25, 0.3) is 11.3 Å². The molecule has 0 aromatic heterocycles. The molecule has 0 saturated heterocycles. The lowest BCUT2D eigenvalue weighted by Gasteiger charge is -2.34. The van der Waals surface area contributed by atoms with E-state index in [1.165, 1.54) is 54.5 Å². The smallest absolute Gasteiger partial charge is 0.178 e. The molecule has 2 heteroatoms. The minimum atomic E-state index is 0.0451. The Kier molecular flexibility index (Phi) is 7.92. The van der Waals surface area contributed by atoms with Crippen LogP contribution in [0.2, 0.25) is 0 Å².